The van der Waals surface area contributed by atoms with Crippen LogP contribution >= 0.6 is 0 Å². The summed E-state index contributed by atoms with van der Waals surface area (Å²) in [5.74, 6) is 0.788. The largest absolute Gasteiger partial charge is 0.494 e. The van der Waals surface area contributed by atoms with Gasteiger partial charge in [-0.3, -0.25) is 9.97 Å². The van der Waals surface area contributed by atoms with Crippen molar-refractivity contribution < 1.29 is 4.74 Å². The molecular formula is C13H10N2O. The minimum Gasteiger partial charge on any atom is -0.494 e. The molecule has 0 spiro atoms. The molecule has 1 aromatic carbocycles. The zero-order chi connectivity index (χ0) is 11.0. The highest BCUT2D eigenvalue weighted by Gasteiger charge is 2.07. The number of fused-ring (bicyclic) bond motifs is 3. The molecular weight excluding hydrogens is 200 g/mol. The maximum Gasteiger partial charge on any atom is 0.145 e. The van der Waals surface area contributed by atoms with Crippen molar-refractivity contribution in [1.82, 2.24) is 9.97 Å². The molecule has 0 aliphatic rings. The van der Waals surface area contributed by atoms with Crippen molar-refractivity contribution in [2.45, 2.75) is 0 Å². The Balaban J connectivity index is 2.57. The van der Waals surface area contributed by atoms with Crippen LogP contribution in [0.1, 0.15) is 0 Å². The Morgan fingerprint density at radius 3 is 2.56 bits per heavy atom. The first-order valence-electron chi connectivity index (χ1n) is 5.06. The van der Waals surface area contributed by atoms with E-state index in [1.807, 2.05) is 30.3 Å². The van der Waals surface area contributed by atoms with E-state index in [1.54, 1.807) is 19.5 Å². The van der Waals surface area contributed by atoms with E-state index < -0.39 is 0 Å². The van der Waals surface area contributed by atoms with Crippen molar-refractivity contribution in [2.75, 3.05) is 7.11 Å². The summed E-state index contributed by atoms with van der Waals surface area (Å²) in [6.45, 7) is 0. The van der Waals surface area contributed by atoms with Crippen molar-refractivity contribution in [3.05, 3.63) is 42.7 Å². The van der Waals surface area contributed by atoms with Gasteiger partial charge in [0.25, 0.3) is 0 Å². The van der Waals surface area contributed by atoms with E-state index >= 15 is 0 Å². The van der Waals surface area contributed by atoms with Gasteiger partial charge in [-0.2, -0.15) is 0 Å². The van der Waals surface area contributed by atoms with Crippen LogP contribution < -0.4 is 4.74 Å². The quantitative estimate of drug-likeness (QED) is 0.579. The van der Waals surface area contributed by atoms with Gasteiger partial charge in [-0.25, -0.2) is 0 Å². The Hall–Kier alpha value is -2.16. The minimum absolute atomic E-state index is 0.788. The average molecular weight is 210 g/mol. The molecule has 0 N–H and O–H groups in total. The van der Waals surface area contributed by atoms with E-state index in [0.717, 1.165) is 27.6 Å². The lowest BCUT2D eigenvalue weighted by Crippen LogP contribution is -1.89. The Kier molecular flexibility index (Phi) is 1.96. The van der Waals surface area contributed by atoms with E-state index in [2.05, 4.69) is 9.97 Å². The standard InChI is InChI=1S/C13H10N2O/c1-16-11-8-9-4-2-6-14-12(9)10-5-3-7-15-13(10)11/h2-8H,1H3. The van der Waals surface area contributed by atoms with Gasteiger partial charge in [-0.1, -0.05) is 6.07 Å². The van der Waals surface area contributed by atoms with Gasteiger partial charge in [-0.15, -0.1) is 0 Å². The van der Waals surface area contributed by atoms with E-state index in [9.17, 15) is 0 Å². The lowest BCUT2D eigenvalue weighted by atomic mass is 10.1. The molecule has 0 bridgehead atoms. The van der Waals surface area contributed by atoms with Crippen LogP contribution in [0, 0.1) is 0 Å². The third kappa shape index (κ3) is 1.21. The fraction of sp³-hybridized carbons (Fsp3) is 0.0769. The van der Waals surface area contributed by atoms with Crippen molar-refractivity contribution in [3.63, 3.8) is 0 Å². The number of methoxy groups -OCH3 is 1. The van der Waals surface area contributed by atoms with E-state index in [-0.39, 0.29) is 0 Å². The van der Waals surface area contributed by atoms with Gasteiger partial charge < -0.3 is 4.74 Å². The number of aromatic nitrogens is 2. The van der Waals surface area contributed by atoms with Crippen LogP contribution in [0.3, 0.4) is 0 Å². The normalized spacial score (nSPS) is 10.8. The first-order chi connectivity index (χ1) is 7.90. The van der Waals surface area contributed by atoms with E-state index in [1.165, 1.54) is 0 Å². The molecule has 0 fully saturated rings. The number of benzene rings is 1. The predicted molar refractivity (Wildman–Crippen MR) is 63.6 cm³/mol. The monoisotopic (exact) mass is 210 g/mol. The maximum atomic E-state index is 5.35. The SMILES string of the molecule is COc1cc2cccnc2c2cccnc12. The van der Waals surface area contributed by atoms with Crippen molar-refractivity contribution >= 4 is 21.8 Å². The van der Waals surface area contributed by atoms with Crippen LogP contribution in [0.25, 0.3) is 21.8 Å². The van der Waals surface area contributed by atoms with E-state index in [0.29, 0.717) is 0 Å². The number of ether oxygens (including phenoxy) is 1. The Bertz CT molecular complexity index is 664. The number of rotatable bonds is 1. The molecule has 0 atom stereocenters. The topological polar surface area (TPSA) is 35.0 Å². The van der Waals surface area contributed by atoms with Crippen LogP contribution in [0.5, 0.6) is 5.75 Å². The molecule has 3 heteroatoms. The highest BCUT2D eigenvalue weighted by Crippen LogP contribution is 2.30. The van der Waals surface area contributed by atoms with Gasteiger partial charge in [0.1, 0.15) is 11.3 Å². The summed E-state index contributed by atoms with van der Waals surface area (Å²) in [5, 5.41) is 2.09. The molecule has 78 valence electrons. The van der Waals surface area contributed by atoms with Crippen LogP contribution in [0.2, 0.25) is 0 Å². The van der Waals surface area contributed by atoms with Crippen molar-refractivity contribution in [2.24, 2.45) is 0 Å². The Labute approximate surface area is 92.7 Å². The zero-order valence-electron chi connectivity index (χ0n) is 8.84. The molecule has 3 rings (SSSR count). The molecule has 0 amide bonds. The average Bonchev–Trinajstić information content (AvgIpc) is 2.38. The second-order valence-corrected chi connectivity index (χ2v) is 3.55. The fourth-order valence-corrected chi connectivity index (χ4v) is 1.92. The third-order valence-corrected chi connectivity index (χ3v) is 2.64. The molecule has 0 saturated heterocycles. The summed E-state index contributed by atoms with van der Waals surface area (Å²) < 4.78 is 5.35. The second kappa shape index (κ2) is 3.45. The van der Waals surface area contributed by atoms with Crippen LogP contribution in [-0.4, -0.2) is 17.1 Å². The predicted octanol–water partition coefficient (Wildman–Crippen LogP) is 2.79. The second-order valence-electron chi connectivity index (χ2n) is 3.55. The van der Waals surface area contributed by atoms with Crippen LogP contribution in [0.15, 0.2) is 42.7 Å². The summed E-state index contributed by atoms with van der Waals surface area (Å²) in [6.07, 6.45) is 3.56. The summed E-state index contributed by atoms with van der Waals surface area (Å²) in [5.41, 5.74) is 1.82. The third-order valence-electron chi connectivity index (χ3n) is 2.64. The number of pyridine rings is 2. The highest BCUT2D eigenvalue weighted by molar-refractivity contribution is 6.06. The first-order valence-corrected chi connectivity index (χ1v) is 5.06. The summed E-state index contributed by atoms with van der Waals surface area (Å²) in [7, 11) is 1.66. The van der Waals surface area contributed by atoms with Crippen LogP contribution in [0.4, 0.5) is 0 Å². The zero-order valence-corrected chi connectivity index (χ0v) is 8.84. The fourth-order valence-electron chi connectivity index (χ4n) is 1.92. The van der Waals surface area contributed by atoms with Gasteiger partial charge in [-0.05, 0) is 24.3 Å². The maximum absolute atomic E-state index is 5.35. The summed E-state index contributed by atoms with van der Waals surface area (Å²) >= 11 is 0. The highest BCUT2D eigenvalue weighted by atomic mass is 16.5. The molecule has 3 aromatic rings. The number of nitrogens with zero attached hydrogens (tertiary/aromatic N) is 2. The smallest absolute Gasteiger partial charge is 0.145 e. The molecule has 0 aliphatic heterocycles. The molecule has 3 nitrogen and oxygen atoms in total. The molecule has 2 aromatic heterocycles. The Morgan fingerprint density at radius 1 is 1.00 bits per heavy atom. The molecule has 2 heterocycles. The van der Waals surface area contributed by atoms with Gasteiger partial charge in [0.2, 0.25) is 0 Å². The van der Waals surface area contributed by atoms with Gasteiger partial charge in [0.05, 0.1) is 12.6 Å². The van der Waals surface area contributed by atoms with Crippen molar-refractivity contribution in [3.8, 4) is 5.75 Å². The number of hydrogen-bond donors (Lipinski definition) is 0. The summed E-state index contributed by atoms with van der Waals surface area (Å²) in [6, 6.07) is 9.84. The van der Waals surface area contributed by atoms with Gasteiger partial charge >= 0.3 is 0 Å². The van der Waals surface area contributed by atoms with Crippen molar-refractivity contribution in [1.29, 1.82) is 0 Å². The van der Waals surface area contributed by atoms with Gasteiger partial charge in [0, 0.05) is 23.2 Å². The Morgan fingerprint density at radius 2 is 1.75 bits per heavy atom. The molecule has 0 aliphatic carbocycles. The lowest BCUT2D eigenvalue weighted by molar-refractivity contribution is 0.419. The first kappa shape index (κ1) is 9.09. The number of hydrogen-bond acceptors (Lipinski definition) is 3. The summed E-state index contributed by atoms with van der Waals surface area (Å²) in [4.78, 5) is 8.73. The molecule has 0 saturated carbocycles. The van der Waals surface area contributed by atoms with Crippen LogP contribution in [-0.2, 0) is 0 Å². The van der Waals surface area contributed by atoms with E-state index in [4.69, 9.17) is 4.74 Å². The van der Waals surface area contributed by atoms with Gasteiger partial charge in [0.15, 0.2) is 0 Å². The minimum atomic E-state index is 0.788. The molecule has 0 unspecified atom stereocenters. The molecule has 0 radical (unpaired) electrons. The lowest BCUT2D eigenvalue weighted by Gasteiger charge is -2.07. The molecule has 16 heavy (non-hydrogen) atoms.